The molecule has 34 heavy (non-hydrogen) atoms. The smallest absolute Gasteiger partial charge is 0.251 e. The van der Waals surface area contributed by atoms with Gasteiger partial charge in [0.15, 0.2) is 5.16 Å². The van der Waals surface area contributed by atoms with E-state index in [9.17, 15) is 9.59 Å². The summed E-state index contributed by atoms with van der Waals surface area (Å²) in [4.78, 5) is 36.2. The number of halogens is 2. The van der Waals surface area contributed by atoms with E-state index in [1.54, 1.807) is 18.1 Å². The number of amides is 1. The Morgan fingerprint density at radius 1 is 1.09 bits per heavy atom. The monoisotopic (exact) mass is 518 g/mol. The van der Waals surface area contributed by atoms with Gasteiger partial charge in [-0.2, -0.15) is 0 Å². The van der Waals surface area contributed by atoms with Crippen molar-refractivity contribution in [3.05, 3.63) is 80.2 Å². The van der Waals surface area contributed by atoms with Gasteiger partial charge in [0.1, 0.15) is 5.75 Å². The molecule has 1 fully saturated rings. The number of methoxy groups -OCH3 is 1. The van der Waals surface area contributed by atoms with Crippen LogP contribution in [0.25, 0.3) is 0 Å². The minimum absolute atomic E-state index is 0.0457. The first-order chi connectivity index (χ1) is 16.4. The summed E-state index contributed by atoms with van der Waals surface area (Å²) in [6, 6.07) is 14.7. The maximum Gasteiger partial charge on any atom is 0.251 e. The zero-order chi connectivity index (χ0) is 24.1. The second-order valence-electron chi connectivity index (χ2n) is 7.83. The molecule has 2 heterocycles. The van der Waals surface area contributed by atoms with Gasteiger partial charge in [-0.3, -0.25) is 9.59 Å². The van der Waals surface area contributed by atoms with Crippen LogP contribution in [0.4, 0.5) is 5.69 Å². The van der Waals surface area contributed by atoms with Crippen LogP contribution >= 0.6 is 35.0 Å². The number of H-pyrrole nitrogens is 1. The first-order valence-electron chi connectivity index (χ1n) is 10.7. The quantitative estimate of drug-likeness (QED) is 0.371. The predicted molar refractivity (Wildman–Crippen MR) is 136 cm³/mol. The molecule has 1 aromatic heterocycles. The highest BCUT2D eigenvalue weighted by Crippen LogP contribution is 2.28. The van der Waals surface area contributed by atoms with Crippen LogP contribution < -0.4 is 15.2 Å². The number of rotatable bonds is 7. The van der Waals surface area contributed by atoms with Crippen LogP contribution in [-0.4, -0.2) is 54.1 Å². The van der Waals surface area contributed by atoms with Crippen LogP contribution in [0, 0.1) is 0 Å². The maximum absolute atomic E-state index is 12.9. The van der Waals surface area contributed by atoms with Crippen LogP contribution in [0.2, 0.25) is 10.0 Å². The molecular formula is C24H24Cl2N4O3S. The number of benzene rings is 2. The van der Waals surface area contributed by atoms with Crippen molar-refractivity contribution in [1.82, 2.24) is 14.9 Å². The molecule has 1 saturated heterocycles. The summed E-state index contributed by atoms with van der Waals surface area (Å²) in [6.07, 6.45) is 0.0867. The average molecular weight is 519 g/mol. The molecule has 0 atom stereocenters. The zero-order valence-electron chi connectivity index (χ0n) is 18.6. The molecule has 178 valence electrons. The van der Waals surface area contributed by atoms with E-state index in [0.29, 0.717) is 52.8 Å². The van der Waals surface area contributed by atoms with Crippen molar-refractivity contribution < 1.29 is 9.53 Å². The predicted octanol–water partition coefficient (Wildman–Crippen LogP) is 4.27. The van der Waals surface area contributed by atoms with Crippen molar-refractivity contribution in [3.8, 4) is 5.75 Å². The van der Waals surface area contributed by atoms with Crippen LogP contribution in [0.1, 0.15) is 11.3 Å². The summed E-state index contributed by atoms with van der Waals surface area (Å²) in [6.45, 7) is 2.54. The van der Waals surface area contributed by atoms with Crippen LogP contribution in [0.3, 0.4) is 0 Å². The van der Waals surface area contributed by atoms with E-state index in [4.69, 9.17) is 27.9 Å². The van der Waals surface area contributed by atoms with Gasteiger partial charge in [-0.1, -0.05) is 47.1 Å². The fourth-order valence-electron chi connectivity index (χ4n) is 3.72. The summed E-state index contributed by atoms with van der Waals surface area (Å²) in [5, 5.41) is 1.52. The van der Waals surface area contributed by atoms with Crippen molar-refractivity contribution in [1.29, 1.82) is 0 Å². The summed E-state index contributed by atoms with van der Waals surface area (Å²) in [5.41, 5.74) is 2.23. The molecule has 0 unspecified atom stereocenters. The Balaban J connectivity index is 1.34. The lowest BCUT2D eigenvalue weighted by atomic mass is 10.2. The van der Waals surface area contributed by atoms with Gasteiger partial charge in [0, 0.05) is 43.7 Å². The highest BCUT2D eigenvalue weighted by atomic mass is 35.5. The van der Waals surface area contributed by atoms with E-state index in [1.165, 1.54) is 17.8 Å². The normalized spacial score (nSPS) is 13.7. The van der Waals surface area contributed by atoms with E-state index in [2.05, 4.69) is 14.9 Å². The Hall–Kier alpha value is -2.68. The van der Waals surface area contributed by atoms with Crippen LogP contribution in [-0.2, 0) is 17.0 Å². The number of nitrogens with one attached hydrogen (secondary N) is 1. The topological polar surface area (TPSA) is 78.5 Å². The number of carbonyl (C=O) groups is 1. The molecule has 0 spiro atoms. The maximum atomic E-state index is 12.9. The number of aromatic nitrogens is 2. The lowest BCUT2D eigenvalue weighted by Gasteiger charge is -2.36. The van der Waals surface area contributed by atoms with Crippen molar-refractivity contribution in [3.63, 3.8) is 0 Å². The number of piperazine rings is 1. The molecule has 0 radical (unpaired) electrons. The Morgan fingerprint density at radius 3 is 2.62 bits per heavy atom. The molecule has 1 aliphatic rings. The summed E-state index contributed by atoms with van der Waals surface area (Å²) < 4.78 is 5.25. The molecule has 0 saturated carbocycles. The molecule has 1 aliphatic heterocycles. The number of thioether (sulfide) groups is 1. The third kappa shape index (κ3) is 6.25. The highest BCUT2D eigenvalue weighted by Gasteiger charge is 2.22. The average Bonchev–Trinajstić information content (AvgIpc) is 2.84. The first-order valence-corrected chi connectivity index (χ1v) is 12.5. The molecule has 7 nitrogen and oxygen atoms in total. The minimum atomic E-state index is -0.268. The zero-order valence-corrected chi connectivity index (χ0v) is 20.9. The Bertz CT molecular complexity index is 1230. The van der Waals surface area contributed by atoms with Gasteiger partial charge in [0.2, 0.25) is 5.91 Å². The minimum Gasteiger partial charge on any atom is -0.497 e. The number of aromatic amines is 1. The molecule has 0 bridgehead atoms. The summed E-state index contributed by atoms with van der Waals surface area (Å²) in [5.74, 6) is 1.35. The van der Waals surface area contributed by atoms with Crippen LogP contribution in [0.15, 0.2) is 58.5 Å². The van der Waals surface area contributed by atoms with Gasteiger partial charge in [-0.05, 0) is 35.9 Å². The Labute approximate surface area is 212 Å². The molecule has 10 heteroatoms. The standard InChI is InChI=1S/C24H24Cl2N4O3S/c1-33-19-4-2-3-16(11-19)15-34-24-27-17(12-22(31)28-24)13-23(32)30-9-7-29(8-10-30)18-5-6-20(25)21(26)14-18/h2-6,11-12,14H,7-10,13,15H2,1H3,(H,27,28,31). The Kier molecular flexibility index (Phi) is 8.03. The number of hydrogen-bond donors (Lipinski definition) is 1. The summed E-state index contributed by atoms with van der Waals surface area (Å²) in [7, 11) is 1.62. The lowest BCUT2D eigenvalue weighted by Crippen LogP contribution is -2.49. The van der Waals surface area contributed by atoms with Gasteiger partial charge >= 0.3 is 0 Å². The number of nitrogens with zero attached hydrogens (tertiary/aromatic N) is 3. The van der Waals surface area contributed by atoms with Gasteiger partial charge in [-0.25, -0.2) is 4.98 Å². The van der Waals surface area contributed by atoms with E-state index in [1.807, 2.05) is 36.4 Å². The highest BCUT2D eigenvalue weighted by molar-refractivity contribution is 7.98. The van der Waals surface area contributed by atoms with Crippen molar-refractivity contribution in [2.24, 2.45) is 0 Å². The van der Waals surface area contributed by atoms with Gasteiger partial charge in [-0.15, -0.1) is 0 Å². The number of carbonyl (C=O) groups excluding carboxylic acids is 1. The van der Waals surface area contributed by atoms with Gasteiger partial charge < -0.3 is 19.5 Å². The molecule has 1 amide bonds. The molecule has 4 rings (SSSR count). The lowest BCUT2D eigenvalue weighted by molar-refractivity contribution is -0.130. The molecular weight excluding hydrogens is 495 g/mol. The molecule has 0 aliphatic carbocycles. The van der Waals surface area contributed by atoms with E-state index < -0.39 is 0 Å². The first kappa shape index (κ1) is 24.4. The van der Waals surface area contributed by atoms with E-state index in [0.717, 1.165) is 17.0 Å². The second kappa shape index (κ2) is 11.2. The molecule has 3 aromatic rings. The van der Waals surface area contributed by atoms with Gasteiger partial charge in [0.25, 0.3) is 5.56 Å². The van der Waals surface area contributed by atoms with Crippen molar-refractivity contribution in [2.45, 2.75) is 17.3 Å². The second-order valence-corrected chi connectivity index (χ2v) is 9.60. The van der Waals surface area contributed by atoms with E-state index >= 15 is 0 Å². The third-order valence-corrected chi connectivity index (χ3v) is 7.20. The van der Waals surface area contributed by atoms with E-state index in [-0.39, 0.29) is 17.9 Å². The van der Waals surface area contributed by atoms with Crippen molar-refractivity contribution in [2.75, 3.05) is 38.2 Å². The fourth-order valence-corrected chi connectivity index (χ4v) is 4.85. The summed E-state index contributed by atoms with van der Waals surface area (Å²) >= 11 is 13.5. The SMILES string of the molecule is COc1cccc(CSc2nc(CC(=O)N3CCN(c4ccc(Cl)c(Cl)c4)CC3)cc(=O)[nH]2)c1. The number of anilines is 1. The largest absolute Gasteiger partial charge is 0.497 e. The molecule has 2 aromatic carbocycles. The third-order valence-electron chi connectivity index (χ3n) is 5.52. The number of ether oxygens (including phenoxy) is 1. The van der Waals surface area contributed by atoms with Crippen molar-refractivity contribution >= 4 is 46.6 Å². The Morgan fingerprint density at radius 2 is 1.88 bits per heavy atom. The van der Waals surface area contributed by atoms with Crippen LogP contribution in [0.5, 0.6) is 5.75 Å². The van der Waals surface area contributed by atoms with Gasteiger partial charge in [0.05, 0.1) is 29.3 Å². The fraction of sp³-hybridized carbons (Fsp3) is 0.292. The number of hydrogen-bond acceptors (Lipinski definition) is 6. The molecule has 1 N–H and O–H groups in total.